The third kappa shape index (κ3) is 3.66. The predicted molar refractivity (Wildman–Crippen MR) is 97.5 cm³/mol. The molecule has 0 aliphatic carbocycles. The first-order chi connectivity index (χ1) is 10.8. The molecular formula is C20H22ClN. The summed E-state index contributed by atoms with van der Waals surface area (Å²) in [7, 11) is 0. The average Bonchev–Trinajstić information content (AvgIpc) is 2.57. The smallest absolute Gasteiger partial charge is 0.0727 e. The fourth-order valence-corrected chi connectivity index (χ4v) is 2.70. The molecule has 0 N–H and O–H groups in total. The standard InChI is InChI=1S/C18H16ClN.C2H6/c1-2-6-13-9-10-15-16(19)12-17(20-18(15)11-13)14-7-4-3-5-8-14;1-2/h3-5,7-12H,2,6H2,1H3;1-2H3. The number of halogens is 1. The molecule has 0 saturated carbocycles. The monoisotopic (exact) mass is 311 g/mol. The molecule has 3 rings (SSSR count). The zero-order chi connectivity index (χ0) is 15.9. The molecule has 22 heavy (non-hydrogen) atoms. The Kier molecular flexibility index (Phi) is 5.97. The summed E-state index contributed by atoms with van der Waals surface area (Å²) in [6, 6.07) is 18.5. The average molecular weight is 312 g/mol. The molecule has 0 amide bonds. The SMILES string of the molecule is CC.CCCc1ccc2c(Cl)cc(-c3ccccc3)nc2c1. The molecule has 0 saturated heterocycles. The van der Waals surface area contributed by atoms with Gasteiger partial charge in [0, 0.05) is 10.9 Å². The van der Waals surface area contributed by atoms with Gasteiger partial charge in [-0.25, -0.2) is 4.98 Å². The molecular weight excluding hydrogens is 290 g/mol. The van der Waals surface area contributed by atoms with Crippen LogP contribution in [0.25, 0.3) is 22.2 Å². The molecule has 1 nitrogen and oxygen atoms in total. The molecule has 2 heteroatoms. The van der Waals surface area contributed by atoms with Crippen molar-refractivity contribution in [3.63, 3.8) is 0 Å². The van der Waals surface area contributed by atoms with Crippen molar-refractivity contribution < 1.29 is 0 Å². The lowest BCUT2D eigenvalue weighted by Gasteiger charge is -2.07. The summed E-state index contributed by atoms with van der Waals surface area (Å²) in [6.07, 6.45) is 2.21. The molecule has 0 fully saturated rings. The van der Waals surface area contributed by atoms with Crippen LogP contribution in [-0.2, 0) is 6.42 Å². The molecule has 1 aromatic heterocycles. The van der Waals surface area contributed by atoms with E-state index in [-0.39, 0.29) is 0 Å². The van der Waals surface area contributed by atoms with E-state index in [1.54, 1.807) is 0 Å². The fraction of sp³-hybridized carbons (Fsp3) is 0.250. The van der Waals surface area contributed by atoms with E-state index in [1.165, 1.54) is 5.56 Å². The fourth-order valence-electron chi connectivity index (χ4n) is 2.43. The maximum Gasteiger partial charge on any atom is 0.0727 e. The molecule has 3 aromatic rings. The summed E-state index contributed by atoms with van der Waals surface area (Å²) in [5.74, 6) is 0. The van der Waals surface area contributed by atoms with E-state index in [2.05, 4.69) is 37.3 Å². The normalized spacial score (nSPS) is 10.2. The number of benzene rings is 2. The van der Waals surface area contributed by atoms with Gasteiger partial charge in [0.25, 0.3) is 0 Å². The molecule has 2 aromatic carbocycles. The Labute approximate surface area is 138 Å². The number of aromatic nitrogens is 1. The van der Waals surface area contributed by atoms with Gasteiger partial charge in [0.15, 0.2) is 0 Å². The highest BCUT2D eigenvalue weighted by molar-refractivity contribution is 6.35. The minimum Gasteiger partial charge on any atom is -0.248 e. The van der Waals surface area contributed by atoms with Gasteiger partial charge >= 0.3 is 0 Å². The van der Waals surface area contributed by atoms with Crippen LogP contribution in [0.1, 0.15) is 32.8 Å². The van der Waals surface area contributed by atoms with Gasteiger partial charge in [-0.1, -0.05) is 81.3 Å². The summed E-state index contributed by atoms with van der Waals surface area (Å²) in [5, 5.41) is 1.78. The van der Waals surface area contributed by atoms with Crippen molar-refractivity contribution in [2.45, 2.75) is 33.6 Å². The molecule has 0 atom stereocenters. The van der Waals surface area contributed by atoms with Gasteiger partial charge in [0.05, 0.1) is 16.2 Å². The van der Waals surface area contributed by atoms with Crippen LogP contribution in [0.5, 0.6) is 0 Å². The second kappa shape index (κ2) is 7.95. The van der Waals surface area contributed by atoms with Crippen LogP contribution < -0.4 is 0 Å². The largest absolute Gasteiger partial charge is 0.248 e. The second-order valence-electron chi connectivity index (χ2n) is 4.96. The first-order valence-electron chi connectivity index (χ1n) is 7.92. The number of rotatable bonds is 3. The molecule has 0 spiro atoms. The van der Waals surface area contributed by atoms with Gasteiger partial charge in [-0.15, -0.1) is 0 Å². The lowest BCUT2D eigenvalue weighted by molar-refractivity contribution is 0.923. The Morgan fingerprint density at radius 1 is 0.955 bits per heavy atom. The number of fused-ring (bicyclic) bond motifs is 1. The van der Waals surface area contributed by atoms with E-state index >= 15 is 0 Å². The zero-order valence-corrected chi connectivity index (χ0v) is 14.2. The Balaban J connectivity index is 0.000000847. The predicted octanol–water partition coefficient (Wildman–Crippen LogP) is 6.53. The highest BCUT2D eigenvalue weighted by atomic mass is 35.5. The van der Waals surface area contributed by atoms with Gasteiger partial charge in [-0.3, -0.25) is 0 Å². The summed E-state index contributed by atoms with van der Waals surface area (Å²) in [4.78, 5) is 4.76. The van der Waals surface area contributed by atoms with Crippen molar-refractivity contribution in [2.75, 3.05) is 0 Å². The van der Waals surface area contributed by atoms with Gasteiger partial charge in [-0.2, -0.15) is 0 Å². The van der Waals surface area contributed by atoms with Crippen molar-refractivity contribution in [1.29, 1.82) is 0 Å². The molecule has 0 aliphatic rings. The number of hydrogen-bond acceptors (Lipinski definition) is 1. The maximum absolute atomic E-state index is 6.40. The minimum atomic E-state index is 0.761. The highest BCUT2D eigenvalue weighted by Gasteiger charge is 2.06. The van der Waals surface area contributed by atoms with Crippen molar-refractivity contribution >= 4 is 22.5 Å². The Morgan fingerprint density at radius 3 is 2.36 bits per heavy atom. The van der Waals surface area contributed by atoms with Gasteiger partial charge in [0.1, 0.15) is 0 Å². The maximum atomic E-state index is 6.40. The zero-order valence-electron chi connectivity index (χ0n) is 13.4. The van der Waals surface area contributed by atoms with Gasteiger partial charge in [-0.05, 0) is 24.1 Å². The highest BCUT2D eigenvalue weighted by Crippen LogP contribution is 2.28. The van der Waals surface area contributed by atoms with E-state index in [4.69, 9.17) is 16.6 Å². The summed E-state index contributed by atoms with van der Waals surface area (Å²) in [5.41, 5.74) is 4.31. The van der Waals surface area contributed by atoms with Gasteiger partial charge < -0.3 is 0 Å². The van der Waals surface area contributed by atoms with E-state index in [9.17, 15) is 0 Å². The van der Waals surface area contributed by atoms with Crippen LogP contribution >= 0.6 is 11.6 Å². The Bertz CT molecular complexity index is 735. The summed E-state index contributed by atoms with van der Waals surface area (Å²) >= 11 is 6.40. The molecule has 0 unspecified atom stereocenters. The molecule has 0 radical (unpaired) electrons. The molecule has 0 aliphatic heterocycles. The first-order valence-corrected chi connectivity index (χ1v) is 8.30. The van der Waals surface area contributed by atoms with Crippen LogP contribution in [0.2, 0.25) is 5.02 Å². The van der Waals surface area contributed by atoms with E-state index in [0.29, 0.717) is 0 Å². The number of nitrogens with zero attached hydrogens (tertiary/aromatic N) is 1. The summed E-state index contributed by atoms with van der Waals surface area (Å²) in [6.45, 7) is 6.19. The van der Waals surface area contributed by atoms with Crippen molar-refractivity contribution in [2.24, 2.45) is 0 Å². The molecule has 114 valence electrons. The van der Waals surface area contributed by atoms with Crippen LogP contribution in [0.15, 0.2) is 54.6 Å². The van der Waals surface area contributed by atoms with Crippen LogP contribution in [0, 0.1) is 0 Å². The second-order valence-corrected chi connectivity index (χ2v) is 5.36. The summed E-state index contributed by atoms with van der Waals surface area (Å²) < 4.78 is 0. The van der Waals surface area contributed by atoms with E-state index in [1.807, 2.05) is 38.1 Å². The van der Waals surface area contributed by atoms with Crippen LogP contribution in [0.4, 0.5) is 0 Å². The first kappa shape index (κ1) is 16.5. The molecule has 0 bridgehead atoms. The quantitative estimate of drug-likeness (QED) is 0.535. The Hall–Kier alpha value is -1.86. The van der Waals surface area contributed by atoms with E-state index < -0.39 is 0 Å². The topological polar surface area (TPSA) is 12.9 Å². The lowest BCUT2D eigenvalue weighted by Crippen LogP contribution is -1.89. The third-order valence-electron chi connectivity index (χ3n) is 3.43. The number of pyridine rings is 1. The van der Waals surface area contributed by atoms with Crippen molar-refractivity contribution in [1.82, 2.24) is 4.98 Å². The van der Waals surface area contributed by atoms with Crippen LogP contribution in [0.3, 0.4) is 0 Å². The van der Waals surface area contributed by atoms with Crippen molar-refractivity contribution in [3.8, 4) is 11.3 Å². The lowest BCUT2D eigenvalue weighted by atomic mass is 10.1. The minimum absolute atomic E-state index is 0.761. The number of hydrogen-bond donors (Lipinski definition) is 0. The Morgan fingerprint density at radius 2 is 1.68 bits per heavy atom. The van der Waals surface area contributed by atoms with Crippen molar-refractivity contribution in [3.05, 3.63) is 65.2 Å². The van der Waals surface area contributed by atoms with Crippen LogP contribution in [-0.4, -0.2) is 4.98 Å². The van der Waals surface area contributed by atoms with Gasteiger partial charge in [0.2, 0.25) is 0 Å². The molecule has 1 heterocycles. The third-order valence-corrected chi connectivity index (χ3v) is 3.74. The van der Waals surface area contributed by atoms with E-state index in [0.717, 1.165) is 40.0 Å². The number of aryl methyl sites for hydroxylation is 1.